The SMILES string of the molecule is COc1cc(C2Nc3ccc(C(=O)N4CCC(C)CC4)cc3C3C=CCC32)ccc1O. The van der Waals surface area contributed by atoms with Crippen molar-refractivity contribution < 1.29 is 14.6 Å². The van der Waals surface area contributed by atoms with Crippen molar-refractivity contribution >= 4 is 11.6 Å². The number of phenols is 1. The number of nitrogens with one attached hydrogen (secondary N) is 1. The minimum atomic E-state index is 0.118. The average Bonchev–Trinajstić information content (AvgIpc) is 3.29. The van der Waals surface area contributed by atoms with Crippen LogP contribution in [0.3, 0.4) is 0 Å². The fourth-order valence-electron chi connectivity index (χ4n) is 5.34. The van der Waals surface area contributed by atoms with Gasteiger partial charge in [-0.3, -0.25) is 4.79 Å². The Labute approximate surface area is 183 Å². The van der Waals surface area contributed by atoms with Gasteiger partial charge in [-0.05, 0) is 72.6 Å². The summed E-state index contributed by atoms with van der Waals surface area (Å²) in [5.74, 6) is 2.14. The standard InChI is InChI=1S/C26H30N2O3/c1-16-10-12-28(13-11-16)26(30)18-6-8-22-21(14-18)19-4-3-5-20(19)25(27-22)17-7-9-23(29)24(15-17)31-2/h3-4,6-9,14-16,19-20,25,27,29H,5,10-13H2,1-2H3. The van der Waals surface area contributed by atoms with Gasteiger partial charge in [-0.2, -0.15) is 0 Å². The number of hydrogen-bond acceptors (Lipinski definition) is 4. The van der Waals surface area contributed by atoms with Gasteiger partial charge >= 0.3 is 0 Å². The number of amides is 1. The molecule has 3 atom stereocenters. The lowest BCUT2D eigenvalue weighted by Gasteiger charge is -2.38. The highest BCUT2D eigenvalue weighted by Crippen LogP contribution is 2.50. The van der Waals surface area contributed by atoms with Gasteiger partial charge in [0.1, 0.15) is 0 Å². The van der Waals surface area contributed by atoms with Gasteiger partial charge in [0.2, 0.25) is 0 Å². The zero-order valence-corrected chi connectivity index (χ0v) is 18.2. The molecule has 31 heavy (non-hydrogen) atoms. The first-order valence-corrected chi connectivity index (χ1v) is 11.3. The molecule has 0 saturated carbocycles. The Morgan fingerprint density at radius 2 is 1.97 bits per heavy atom. The molecule has 5 nitrogen and oxygen atoms in total. The second-order valence-electron chi connectivity index (χ2n) is 9.18. The monoisotopic (exact) mass is 418 g/mol. The number of ether oxygens (including phenoxy) is 1. The number of phenolic OH excluding ortho intramolecular Hbond substituents is 1. The maximum atomic E-state index is 13.1. The van der Waals surface area contributed by atoms with Gasteiger partial charge in [-0.15, -0.1) is 0 Å². The molecule has 5 rings (SSSR count). The van der Waals surface area contributed by atoms with Crippen LogP contribution in [-0.2, 0) is 0 Å². The summed E-state index contributed by atoms with van der Waals surface area (Å²) < 4.78 is 5.33. The number of fused-ring (bicyclic) bond motifs is 3. The number of anilines is 1. The molecule has 1 amide bonds. The van der Waals surface area contributed by atoms with Gasteiger partial charge in [0.05, 0.1) is 13.2 Å². The second-order valence-corrected chi connectivity index (χ2v) is 9.18. The molecule has 2 aliphatic heterocycles. The van der Waals surface area contributed by atoms with Gasteiger partial charge in [-0.1, -0.05) is 25.1 Å². The lowest BCUT2D eigenvalue weighted by Crippen LogP contribution is -2.38. The van der Waals surface area contributed by atoms with Crippen molar-refractivity contribution in [3.8, 4) is 11.5 Å². The maximum absolute atomic E-state index is 13.1. The highest BCUT2D eigenvalue weighted by molar-refractivity contribution is 5.95. The lowest BCUT2D eigenvalue weighted by molar-refractivity contribution is 0.0697. The van der Waals surface area contributed by atoms with Crippen molar-refractivity contribution in [2.24, 2.45) is 11.8 Å². The van der Waals surface area contributed by atoms with Crippen molar-refractivity contribution in [1.82, 2.24) is 4.90 Å². The second kappa shape index (κ2) is 7.95. The van der Waals surface area contributed by atoms with Gasteiger partial charge in [-0.25, -0.2) is 0 Å². The topological polar surface area (TPSA) is 61.8 Å². The molecular formula is C26H30N2O3. The molecule has 3 unspecified atom stereocenters. The van der Waals surface area contributed by atoms with Crippen LogP contribution in [0.15, 0.2) is 48.6 Å². The Bertz CT molecular complexity index is 1020. The van der Waals surface area contributed by atoms with Gasteiger partial charge in [0, 0.05) is 30.3 Å². The first-order valence-electron chi connectivity index (χ1n) is 11.3. The first kappa shape index (κ1) is 20.0. The quantitative estimate of drug-likeness (QED) is 0.681. The predicted molar refractivity (Wildman–Crippen MR) is 122 cm³/mol. The molecule has 162 valence electrons. The summed E-state index contributed by atoms with van der Waals surface area (Å²) in [6, 6.07) is 11.8. The summed E-state index contributed by atoms with van der Waals surface area (Å²) in [5.41, 5.74) is 4.17. The minimum Gasteiger partial charge on any atom is -0.504 e. The highest BCUT2D eigenvalue weighted by atomic mass is 16.5. The summed E-state index contributed by atoms with van der Waals surface area (Å²) >= 11 is 0. The van der Waals surface area contributed by atoms with E-state index in [0.29, 0.717) is 17.6 Å². The van der Waals surface area contributed by atoms with E-state index in [1.54, 1.807) is 13.2 Å². The molecule has 1 fully saturated rings. The summed E-state index contributed by atoms with van der Waals surface area (Å²) in [7, 11) is 1.57. The van der Waals surface area contributed by atoms with Crippen LogP contribution in [0, 0.1) is 11.8 Å². The van der Waals surface area contributed by atoms with Crippen molar-refractivity contribution in [2.75, 3.05) is 25.5 Å². The smallest absolute Gasteiger partial charge is 0.253 e. The number of carbonyl (C=O) groups excluding carboxylic acids is 1. The van der Waals surface area contributed by atoms with E-state index in [4.69, 9.17) is 4.74 Å². The number of allylic oxidation sites excluding steroid dienone is 2. The molecule has 2 N–H and O–H groups in total. The lowest BCUT2D eigenvalue weighted by atomic mass is 9.76. The molecule has 2 heterocycles. The summed E-state index contributed by atoms with van der Waals surface area (Å²) in [6.07, 6.45) is 7.68. The van der Waals surface area contributed by atoms with E-state index in [9.17, 15) is 9.90 Å². The third kappa shape index (κ3) is 3.56. The van der Waals surface area contributed by atoms with E-state index in [0.717, 1.165) is 49.2 Å². The Kier molecular flexibility index (Phi) is 5.12. The van der Waals surface area contributed by atoms with E-state index < -0.39 is 0 Å². The zero-order valence-electron chi connectivity index (χ0n) is 18.2. The Morgan fingerprint density at radius 3 is 2.74 bits per heavy atom. The highest BCUT2D eigenvalue weighted by Gasteiger charge is 2.38. The number of likely N-dealkylation sites (tertiary alicyclic amines) is 1. The summed E-state index contributed by atoms with van der Waals surface area (Å²) in [6.45, 7) is 3.97. The molecule has 5 heteroatoms. The molecule has 0 aromatic heterocycles. The maximum Gasteiger partial charge on any atom is 0.253 e. The predicted octanol–water partition coefficient (Wildman–Crippen LogP) is 5.10. The molecule has 0 bridgehead atoms. The zero-order chi connectivity index (χ0) is 21.5. The number of hydrogen-bond donors (Lipinski definition) is 2. The molecule has 0 spiro atoms. The number of carbonyl (C=O) groups is 1. The average molecular weight is 419 g/mol. The Balaban J connectivity index is 1.44. The van der Waals surface area contributed by atoms with Gasteiger partial charge in [0.25, 0.3) is 5.91 Å². The third-order valence-electron chi connectivity index (χ3n) is 7.24. The first-order chi connectivity index (χ1) is 15.0. The molecular weight excluding hydrogens is 388 g/mol. The van der Waals surface area contributed by atoms with E-state index >= 15 is 0 Å². The molecule has 1 aliphatic carbocycles. The van der Waals surface area contributed by atoms with E-state index in [-0.39, 0.29) is 23.6 Å². The van der Waals surface area contributed by atoms with Crippen LogP contribution >= 0.6 is 0 Å². The summed E-state index contributed by atoms with van der Waals surface area (Å²) in [5, 5.41) is 13.7. The van der Waals surface area contributed by atoms with Crippen LogP contribution in [0.4, 0.5) is 5.69 Å². The van der Waals surface area contributed by atoms with Crippen LogP contribution in [0.5, 0.6) is 11.5 Å². The minimum absolute atomic E-state index is 0.118. The number of aromatic hydroxyl groups is 1. The molecule has 3 aliphatic rings. The van der Waals surface area contributed by atoms with Crippen LogP contribution in [-0.4, -0.2) is 36.1 Å². The number of rotatable bonds is 3. The van der Waals surface area contributed by atoms with E-state index in [1.165, 1.54) is 5.56 Å². The van der Waals surface area contributed by atoms with E-state index in [1.807, 2.05) is 23.1 Å². The van der Waals surface area contributed by atoms with Crippen LogP contribution in [0.2, 0.25) is 0 Å². The van der Waals surface area contributed by atoms with Crippen molar-refractivity contribution in [3.63, 3.8) is 0 Å². The van der Waals surface area contributed by atoms with Crippen LogP contribution in [0.25, 0.3) is 0 Å². The number of piperidine rings is 1. The molecule has 2 aromatic carbocycles. The largest absolute Gasteiger partial charge is 0.504 e. The van der Waals surface area contributed by atoms with Gasteiger partial charge in [0.15, 0.2) is 11.5 Å². The normalized spacial score (nSPS) is 25.0. The van der Waals surface area contributed by atoms with Crippen LogP contribution in [0.1, 0.15) is 59.6 Å². The van der Waals surface area contributed by atoms with E-state index in [2.05, 4.69) is 36.5 Å². The number of nitrogens with zero attached hydrogens (tertiary/aromatic N) is 1. The number of methoxy groups -OCH3 is 1. The fraction of sp³-hybridized carbons (Fsp3) is 0.423. The molecule has 1 saturated heterocycles. The number of benzene rings is 2. The Hall–Kier alpha value is -2.95. The Morgan fingerprint density at radius 1 is 1.16 bits per heavy atom. The summed E-state index contributed by atoms with van der Waals surface area (Å²) in [4.78, 5) is 15.1. The van der Waals surface area contributed by atoms with Crippen molar-refractivity contribution in [3.05, 3.63) is 65.2 Å². The molecule has 2 aromatic rings. The van der Waals surface area contributed by atoms with Crippen molar-refractivity contribution in [2.45, 2.75) is 38.1 Å². The molecule has 0 radical (unpaired) electrons. The van der Waals surface area contributed by atoms with Crippen molar-refractivity contribution in [1.29, 1.82) is 0 Å². The van der Waals surface area contributed by atoms with Crippen LogP contribution < -0.4 is 10.1 Å². The third-order valence-corrected chi connectivity index (χ3v) is 7.24. The fourth-order valence-corrected chi connectivity index (χ4v) is 5.34. The van der Waals surface area contributed by atoms with Gasteiger partial charge < -0.3 is 20.1 Å².